The minimum Gasteiger partial charge on any atom is -0.493 e. The van der Waals surface area contributed by atoms with Gasteiger partial charge in [0.1, 0.15) is 0 Å². The molecule has 0 bridgehead atoms. The molecule has 152 valence electrons. The summed E-state index contributed by atoms with van der Waals surface area (Å²) in [6, 6.07) is 17.1. The summed E-state index contributed by atoms with van der Waals surface area (Å²) in [5.74, 6) is 2.01. The lowest BCUT2D eigenvalue weighted by atomic mass is 9.99. The first kappa shape index (κ1) is 21.0. The topological polar surface area (TPSA) is 53.4 Å². The first-order valence-electron chi connectivity index (χ1n) is 9.43. The summed E-state index contributed by atoms with van der Waals surface area (Å²) in [4.78, 5) is 13.4. The van der Waals surface area contributed by atoms with Gasteiger partial charge in [-0.25, -0.2) is 0 Å². The Kier molecular flexibility index (Phi) is 6.64. The van der Waals surface area contributed by atoms with Gasteiger partial charge in [0.2, 0.25) is 0 Å². The van der Waals surface area contributed by atoms with Crippen molar-refractivity contribution in [1.82, 2.24) is 9.78 Å². The number of aromatic nitrogens is 2. The molecule has 0 saturated carbocycles. The van der Waals surface area contributed by atoms with E-state index in [-0.39, 0.29) is 11.0 Å². The lowest BCUT2D eigenvalue weighted by Crippen LogP contribution is -2.20. The molecule has 0 aliphatic rings. The van der Waals surface area contributed by atoms with Gasteiger partial charge in [0, 0.05) is 22.8 Å². The van der Waals surface area contributed by atoms with Gasteiger partial charge in [0.15, 0.2) is 11.5 Å². The number of hydrogen-bond donors (Lipinski definition) is 0. The molecule has 0 aliphatic heterocycles. The van der Waals surface area contributed by atoms with Crippen LogP contribution in [0.3, 0.4) is 0 Å². The lowest BCUT2D eigenvalue weighted by molar-refractivity contribution is 0.191. The zero-order valence-electron chi connectivity index (χ0n) is 17.2. The summed E-state index contributed by atoms with van der Waals surface area (Å²) in [7, 11) is 1.59. The highest BCUT2D eigenvalue weighted by molar-refractivity contribution is 7.98. The van der Waals surface area contributed by atoms with Gasteiger partial charge in [0.05, 0.1) is 25.6 Å². The maximum absolute atomic E-state index is 12.6. The molecular weight excluding hydrogens is 384 g/mol. The van der Waals surface area contributed by atoms with Crippen LogP contribution in [0.5, 0.6) is 11.5 Å². The van der Waals surface area contributed by atoms with E-state index in [0.717, 1.165) is 10.6 Å². The van der Waals surface area contributed by atoms with Crippen LogP contribution in [0.2, 0.25) is 0 Å². The van der Waals surface area contributed by atoms with Crippen LogP contribution in [0.4, 0.5) is 0 Å². The Morgan fingerprint density at radius 1 is 1.03 bits per heavy atom. The fourth-order valence-electron chi connectivity index (χ4n) is 2.61. The number of rotatable bonds is 7. The predicted octanol–water partition coefficient (Wildman–Crippen LogP) is 4.96. The quantitative estimate of drug-likeness (QED) is 0.516. The first-order chi connectivity index (χ1) is 13.9. The zero-order chi connectivity index (χ0) is 20.9. The van der Waals surface area contributed by atoms with E-state index < -0.39 is 0 Å². The van der Waals surface area contributed by atoms with Gasteiger partial charge in [-0.1, -0.05) is 51.1 Å². The van der Waals surface area contributed by atoms with Crippen LogP contribution in [0.15, 0.2) is 70.5 Å². The summed E-state index contributed by atoms with van der Waals surface area (Å²) in [6.07, 6.45) is 1.71. The molecule has 0 unspecified atom stereocenters. The summed E-state index contributed by atoms with van der Waals surface area (Å²) >= 11 is 1.59. The van der Waals surface area contributed by atoms with Gasteiger partial charge in [-0.2, -0.15) is 9.78 Å². The molecule has 5 nitrogen and oxygen atoms in total. The van der Waals surface area contributed by atoms with E-state index in [4.69, 9.17) is 9.47 Å². The number of methoxy groups -OCH3 is 1. The van der Waals surface area contributed by atoms with Gasteiger partial charge in [-0.3, -0.25) is 4.79 Å². The van der Waals surface area contributed by atoms with Gasteiger partial charge < -0.3 is 9.47 Å². The van der Waals surface area contributed by atoms with Crippen molar-refractivity contribution in [1.29, 1.82) is 0 Å². The van der Waals surface area contributed by atoms with E-state index in [0.29, 0.717) is 23.8 Å². The maximum Gasteiger partial charge on any atom is 0.272 e. The Morgan fingerprint density at radius 3 is 2.45 bits per heavy atom. The smallest absolute Gasteiger partial charge is 0.272 e. The molecule has 2 aromatic carbocycles. The summed E-state index contributed by atoms with van der Waals surface area (Å²) in [6.45, 7) is 6.88. The molecule has 3 rings (SSSR count). The first-order valence-corrected chi connectivity index (χ1v) is 10.4. The van der Waals surface area contributed by atoms with Gasteiger partial charge >= 0.3 is 0 Å². The highest BCUT2D eigenvalue weighted by atomic mass is 32.2. The number of thioether (sulfide) groups is 1. The van der Waals surface area contributed by atoms with Crippen molar-refractivity contribution in [2.75, 3.05) is 13.7 Å². The van der Waals surface area contributed by atoms with E-state index in [9.17, 15) is 4.79 Å². The van der Waals surface area contributed by atoms with Crippen LogP contribution in [0.1, 0.15) is 26.3 Å². The molecule has 1 heterocycles. The second kappa shape index (κ2) is 9.18. The van der Waals surface area contributed by atoms with Crippen LogP contribution >= 0.6 is 11.8 Å². The Bertz CT molecular complexity index is 1010. The largest absolute Gasteiger partial charge is 0.493 e. The Morgan fingerprint density at radius 2 is 1.79 bits per heavy atom. The third-order valence-corrected chi connectivity index (χ3v) is 5.11. The van der Waals surface area contributed by atoms with Crippen molar-refractivity contribution in [2.45, 2.75) is 31.4 Å². The Labute approximate surface area is 175 Å². The van der Waals surface area contributed by atoms with Gasteiger partial charge in [-0.15, -0.1) is 11.8 Å². The molecule has 0 saturated heterocycles. The third kappa shape index (κ3) is 5.87. The van der Waals surface area contributed by atoms with Crippen LogP contribution in [0.25, 0.3) is 5.69 Å². The van der Waals surface area contributed by atoms with Crippen molar-refractivity contribution in [3.63, 3.8) is 0 Å². The third-order valence-electron chi connectivity index (χ3n) is 4.08. The fourth-order valence-corrected chi connectivity index (χ4v) is 3.44. The van der Waals surface area contributed by atoms with Crippen LogP contribution in [-0.2, 0) is 5.75 Å². The standard InChI is InChI=1S/C23H26N2O3S/c1-23(2,3)16-28-20-11-10-18(12-21(20)27-4)25-22(26)13-19(14-24-25)29-15-17-8-6-5-7-9-17/h5-14H,15-16H2,1-4H3. The Hall–Kier alpha value is -2.73. The molecule has 0 radical (unpaired) electrons. The van der Waals surface area contributed by atoms with Crippen molar-refractivity contribution >= 4 is 11.8 Å². The summed E-state index contributed by atoms with van der Waals surface area (Å²) < 4.78 is 12.7. The van der Waals surface area contributed by atoms with Crippen LogP contribution < -0.4 is 15.0 Å². The Balaban J connectivity index is 1.77. The molecule has 6 heteroatoms. The summed E-state index contributed by atoms with van der Waals surface area (Å²) in [5, 5.41) is 4.34. The fraction of sp³-hybridized carbons (Fsp3) is 0.304. The lowest BCUT2D eigenvalue weighted by Gasteiger charge is -2.20. The van der Waals surface area contributed by atoms with Crippen molar-refractivity contribution < 1.29 is 9.47 Å². The van der Waals surface area contributed by atoms with Crippen molar-refractivity contribution in [3.8, 4) is 17.2 Å². The summed E-state index contributed by atoms with van der Waals surface area (Å²) in [5.41, 5.74) is 1.69. The molecule has 3 aromatic rings. The molecule has 0 spiro atoms. The molecule has 0 amide bonds. The average molecular weight is 411 g/mol. The molecule has 1 aromatic heterocycles. The molecule has 0 aliphatic carbocycles. The van der Waals surface area contributed by atoms with E-state index in [1.807, 2.05) is 30.3 Å². The van der Waals surface area contributed by atoms with Crippen LogP contribution in [0, 0.1) is 5.41 Å². The number of hydrogen-bond acceptors (Lipinski definition) is 5. The average Bonchev–Trinajstić information content (AvgIpc) is 2.71. The molecular formula is C23H26N2O3S. The molecule has 0 fully saturated rings. The monoisotopic (exact) mass is 410 g/mol. The normalized spacial score (nSPS) is 11.3. The number of nitrogens with zero attached hydrogens (tertiary/aromatic N) is 2. The van der Waals surface area contributed by atoms with E-state index >= 15 is 0 Å². The van der Waals surface area contributed by atoms with E-state index in [1.165, 1.54) is 10.2 Å². The van der Waals surface area contributed by atoms with Crippen molar-refractivity contribution in [3.05, 3.63) is 76.7 Å². The minimum atomic E-state index is -0.187. The highest BCUT2D eigenvalue weighted by Crippen LogP contribution is 2.30. The number of benzene rings is 2. The zero-order valence-corrected chi connectivity index (χ0v) is 18.0. The van der Waals surface area contributed by atoms with Gasteiger partial charge in [-0.05, 0) is 23.1 Å². The predicted molar refractivity (Wildman–Crippen MR) is 117 cm³/mol. The second-order valence-electron chi connectivity index (χ2n) is 7.90. The second-order valence-corrected chi connectivity index (χ2v) is 8.95. The van der Waals surface area contributed by atoms with Crippen molar-refractivity contribution in [2.24, 2.45) is 5.41 Å². The highest BCUT2D eigenvalue weighted by Gasteiger charge is 2.14. The molecule has 29 heavy (non-hydrogen) atoms. The molecule has 0 N–H and O–H groups in total. The number of ether oxygens (including phenoxy) is 2. The SMILES string of the molecule is COc1cc(-n2ncc(SCc3ccccc3)cc2=O)ccc1OCC(C)(C)C. The maximum atomic E-state index is 12.6. The minimum absolute atomic E-state index is 0.0371. The molecule has 0 atom stereocenters. The van der Waals surface area contributed by atoms with Crippen LogP contribution in [-0.4, -0.2) is 23.5 Å². The van der Waals surface area contributed by atoms with E-state index in [2.05, 4.69) is 38.0 Å². The van der Waals surface area contributed by atoms with E-state index in [1.54, 1.807) is 37.2 Å². The van der Waals surface area contributed by atoms with Gasteiger partial charge in [0.25, 0.3) is 5.56 Å².